The van der Waals surface area contributed by atoms with Crippen LogP contribution in [0.15, 0.2) is 171 Å². The van der Waals surface area contributed by atoms with Crippen LogP contribution in [-0.4, -0.2) is 29.6 Å². The Morgan fingerprint density at radius 2 is 1.43 bits per heavy atom. The van der Waals surface area contributed by atoms with E-state index in [4.69, 9.17) is 15.0 Å². The van der Waals surface area contributed by atoms with Gasteiger partial charge in [0.1, 0.15) is 17.8 Å². The first-order valence-electron chi connectivity index (χ1n) is 24.1. The highest BCUT2D eigenvalue weighted by Gasteiger charge is 2.39. The maximum atomic E-state index is 5.74. The Morgan fingerprint density at radius 3 is 2.17 bits per heavy atom. The van der Waals surface area contributed by atoms with Gasteiger partial charge in [-0.2, -0.15) is 0 Å². The van der Waals surface area contributed by atoms with Crippen LogP contribution in [0.5, 0.6) is 0 Å². The van der Waals surface area contributed by atoms with Gasteiger partial charge >= 0.3 is 0 Å². The fourth-order valence-electron chi connectivity index (χ4n) is 11.8. The van der Waals surface area contributed by atoms with E-state index < -0.39 is 0 Å². The van der Waals surface area contributed by atoms with Crippen LogP contribution in [0.25, 0.3) is 0 Å². The molecule has 2 heterocycles. The number of hydrogen-bond donors (Lipinski definition) is 1. The third-order valence-corrected chi connectivity index (χ3v) is 15.3. The zero-order valence-corrected chi connectivity index (χ0v) is 35.7. The first-order chi connectivity index (χ1) is 29.7. The van der Waals surface area contributed by atoms with E-state index in [1.165, 1.54) is 86.6 Å². The van der Waals surface area contributed by atoms with Gasteiger partial charge in [0, 0.05) is 46.8 Å². The van der Waals surface area contributed by atoms with Crippen molar-refractivity contribution in [3.8, 4) is 0 Å². The number of nitrogens with zero attached hydrogens (tertiary/aromatic N) is 3. The molecule has 8 aliphatic carbocycles. The van der Waals surface area contributed by atoms with Crippen LogP contribution in [-0.2, 0) is 0 Å². The minimum atomic E-state index is -0.0722. The molecule has 0 saturated heterocycles. The molecule has 0 aromatic rings. The van der Waals surface area contributed by atoms with E-state index in [0.29, 0.717) is 41.5 Å². The third-order valence-electron chi connectivity index (χ3n) is 15.3. The fourth-order valence-corrected chi connectivity index (χ4v) is 11.8. The average Bonchev–Trinajstić information content (AvgIpc) is 3.35. The lowest BCUT2D eigenvalue weighted by atomic mass is 9.70. The van der Waals surface area contributed by atoms with Crippen molar-refractivity contribution in [3.63, 3.8) is 0 Å². The van der Waals surface area contributed by atoms with Crippen molar-refractivity contribution < 1.29 is 0 Å². The molecule has 0 spiro atoms. The zero-order valence-electron chi connectivity index (χ0n) is 35.7. The van der Waals surface area contributed by atoms with E-state index in [2.05, 4.69) is 139 Å². The average molecular weight is 795 g/mol. The van der Waals surface area contributed by atoms with E-state index in [9.17, 15) is 0 Å². The lowest BCUT2D eigenvalue weighted by Crippen LogP contribution is -2.45. The highest BCUT2D eigenvalue weighted by Crippen LogP contribution is 2.43. The van der Waals surface area contributed by atoms with Gasteiger partial charge in [0.2, 0.25) is 0 Å². The monoisotopic (exact) mass is 795 g/mol. The molecule has 4 heteroatoms. The Labute approximate surface area is 360 Å². The van der Waals surface area contributed by atoms with Crippen molar-refractivity contribution in [3.05, 3.63) is 156 Å². The number of nitrogens with one attached hydrogen (secondary N) is 1. The van der Waals surface area contributed by atoms with Gasteiger partial charge < -0.3 is 5.32 Å². The van der Waals surface area contributed by atoms with Crippen LogP contribution in [0, 0.1) is 53.3 Å². The maximum absolute atomic E-state index is 5.74. The smallest absolute Gasteiger partial charge is 0.136 e. The molecule has 0 saturated carbocycles. The Balaban J connectivity index is 1.00. The van der Waals surface area contributed by atoms with Crippen molar-refractivity contribution in [1.82, 2.24) is 5.32 Å². The lowest BCUT2D eigenvalue weighted by Gasteiger charge is -2.39. The largest absolute Gasteiger partial charge is 0.347 e. The summed E-state index contributed by atoms with van der Waals surface area (Å²) in [7, 11) is 0. The zero-order chi connectivity index (χ0) is 40.1. The molecule has 10 aliphatic rings. The molecule has 0 amide bonds. The molecule has 0 aromatic heterocycles. The predicted octanol–water partition coefficient (Wildman–Crippen LogP) is 13.1. The second-order valence-electron chi connectivity index (χ2n) is 19.1. The molecule has 0 radical (unpaired) electrons. The summed E-state index contributed by atoms with van der Waals surface area (Å²) in [4.78, 5) is 17.0. The van der Waals surface area contributed by atoms with E-state index in [-0.39, 0.29) is 23.9 Å². The van der Waals surface area contributed by atoms with Crippen LogP contribution in [0.3, 0.4) is 0 Å². The van der Waals surface area contributed by atoms with E-state index >= 15 is 0 Å². The quantitative estimate of drug-likeness (QED) is 0.232. The summed E-state index contributed by atoms with van der Waals surface area (Å²) in [6, 6.07) is 0.391. The first kappa shape index (κ1) is 39.6. The van der Waals surface area contributed by atoms with Gasteiger partial charge in [-0.05, 0) is 132 Å². The SMILES string of the molecule is C1=CCC(C2=NC(C3C=CCCC3)CCC2C2=CC(C3=NC(C4C=CC(C5C=CCCC5)=CC4)NC(C4=CCC(C5=CCCCC5)C=C4)=N3)C(C3C=CC=CC3)C=C2)C=C1. The Bertz CT molecular complexity index is 2130. The van der Waals surface area contributed by atoms with Crippen LogP contribution in [0.2, 0.25) is 0 Å². The molecule has 1 N–H and O–H groups in total. The molecular weight excluding hydrogens is 729 g/mol. The third kappa shape index (κ3) is 8.77. The fraction of sp³-hybridized carbons (Fsp3) is 0.482. The molecule has 310 valence electrons. The minimum Gasteiger partial charge on any atom is -0.347 e. The summed E-state index contributed by atoms with van der Waals surface area (Å²) in [5, 5.41) is 3.94. The Hall–Kier alpha value is -4.57. The van der Waals surface area contributed by atoms with Crippen LogP contribution in [0.4, 0.5) is 0 Å². The van der Waals surface area contributed by atoms with Gasteiger partial charge in [0.05, 0.1) is 6.04 Å². The van der Waals surface area contributed by atoms with Crippen molar-refractivity contribution in [1.29, 1.82) is 0 Å². The summed E-state index contributed by atoms with van der Waals surface area (Å²) >= 11 is 0. The van der Waals surface area contributed by atoms with Gasteiger partial charge in [0.25, 0.3) is 0 Å². The normalized spacial score (nSPS) is 37.3. The van der Waals surface area contributed by atoms with Gasteiger partial charge in [-0.3, -0.25) is 4.99 Å². The highest BCUT2D eigenvalue weighted by atomic mass is 15.2. The molecule has 0 fully saturated rings. The maximum Gasteiger partial charge on any atom is 0.136 e. The summed E-state index contributed by atoms with van der Waals surface area (Å²) in [5.74, 6) is 5.33. The van der Waals surface area contributed by atoms with Gasteiger partial charge in [0.15, 0.2) is 0 Å². The molecule has 0 aromatic carbocycles. The first-order valence-corrected chi connectivity index (χ1v) is 24.1. The molecule has 4 nitrogen and oxygen atoms in total. The predicted molar refractivity (Wildman–Crippen MR) is 253 cm³/mol. The van der Waals surface area contributed by atoms with Crippen molar-refractivity contribution in [2.75, 3.05) is 0 Å². The van der Waals surface area contributed by atoms with Crippen molar-refractivity contribution in [2.45, 2.75) is 115 Å². The summed E-state index contributed by atoms with van der Waals surface area (Å²) < 4.78 is 0. The van der Waals surface area contributed by atoms with Gasteiger partial charge in [-0.25, -0.2) is 9.98 Å². The second-order valence-corrected chi connectivity index (χ2v) is 19.1. The standard InChI is InChI=1S/C56H66N4/c1-6-16-39(17-7-1)41-26-30-46(31-27-41)54-58-55(47-32-28-42(29-33-47)40-18-8-2-9-19-40)60-56(59-54)51-38-48(34-35-49(51)43-20-10-3-11-21-43)50-36-37-52(44-22-12-4-13-23-44)57-53(50)45-24-14-5-15-25-45/h3,5-6,10-12,14-16,18,20,22,24,26-28,30,32-35,38-39,42-46,49-52,54H,1-2,4,7-9,13,17,19,21,23,25,29,31,36-37H2,(H,58,59,60). The summed E-state index contributed by atoms with van der Waals surface area (Å²) in [6.07, 6.45) is 72.0. The van der Waals surface area contributed by atoms with Crippen LogP contribution in [0.1, 0.15) is 103 Å². The van der Waals surface area contributed by atoms with E-state index in [1.54, 1.807) is 5.57 Å². The number of amidine groups is 2. The van der Waals surface area contributed by atoms with Crippen molar-refractivity contribution >= 4 is 17.4 Å². The topological polar surface area (TPSA) is 49.1 Å². The second kappa shape index (κ2) is 18.6. The molecule has 2 aliphatic heterocycles. The van der Waals surface area contributed by atoms with Gasteiger partial charge in [-0.15, -0.1) is 0 Å². The number of rotatable bonds is 9. The molecular formula is C56H66N4. The molecule has 60 heavy (non-hydrogen) atoms. The summed E-state index contributed by atoms with van der Waals surface area (Å²) in [5.41, 5.74) is 7.15. The Kier molecular flexibility index (Phi) is 12.3. The number of allylic oxidation sites excluding steroid dienone is 21. The number of hydrogen-bond acceptors (Lipinski definition) is 4. The highest BCUT2D eigenvalue weighted by molar-refractivity contribution is 6.10. The van der Waals surface area contributed by atoms with Gasteiger partial charge in [-0.1, -0.05) is 139 Å². The van der Waals surface area contributed by atoms with Crippen molar-refractivity contribution in [2.24, 2.45) is 68.2 Å². The van der Waals surface area contributed by atoms with Crippen LogP contribution >= 0.6 is 0 Å². The van der Waals surface area contributed by atoms with Crippen LogP contribution < -0.4 is 5.32 Å². The molecule has 0 bridgehead atoms. The molecule has 11 atom stereocenters. The summed E-state index contributed by atoms with van der Waals surface area (Å²) in [6.45, 7) is 0. The number of aliphatic imine (C=N–C) groups is 3. The minimum absolute atomic E-state index is 0.0722. The van der Waals surface area contributed by atoms with E-state index in [0.717, 1.165) is 50.2 Å². The van der Waals surface area contributed by atoms with E-state index in [1.807, 2.05) is 0 Å². The Morgan fingerprint density at radius 1 is 0.550 bits per heavy atom. The molecule has 11 unspecified atom stereocenters. The lowest BCUT2D eigenvalue weighted by molar-refractivity contribution is 0.385. The molecule has 10 rings (SSSR count).